The summed E-state index contributed by atoms with van der Waals surface area (Å²) in [5.41, 5.74) is 2.37. The van der Waals surface area contributed by atoms with Gasteiger partial charge in [-0.05, 0) is 31.0 Å². The van der Waals surface area contributed by atoms with Crippen LogP contribution in [0.1, 0.15) is 11.1 Å². The summed E-state index contributed by atoms with van der Waals surface area (Å²) in [5, 5.41) is 3.13. The van der Waals surface area contributed by atoms with Crippen molar-refractivity contribution in [1.29, 1.82) is 0 Å². The molecular formula is C18H18N6O3S. The Morgan fingerprint density at radius 3 is 2.71 bits per heavy atom. The minimum atomic E-state index is -0.595. The summed E-state index contributed by atoms with van der Waals surface area (Å²) >= 11 is 1.35. The molecule has 0 fully saturated rings. The molecule has 9 nitrogen and oxygen atoms in total. The van der Waals surface area contributed by atoms with Crippen LogP contribution < -0.4 is 16.6 Å². The maximum Gasteiger partial charge on any atom is 0.332 e. The highest BCUT2D eigenvalue weighted by molar-refractivity contribution is 7.22. The number of fused-ring (bicyclic) bond motifs is 2. The van der Waals surface area contributed by atoms with E-state index in [2.05, 4.69) is 15.3 Å². The van der Waals surface area contributed by atoms with Gasteiger partial charge in [0.2, 0.25) is 5.91 Å². The third-order valence-corrected chi connectivity index (χ3v) is 5.50. The van der Waals surface area contributed by atoms with Crippen molar-refractivity contribution in [2.24, 2.45) is 14.1 Å². The number of imidazole rings is 1. The van der Waals surface area contributed by atoms with Gasteiger partial charge in [-0.1, -0.05) is 17.4 Å². The number of anilines is 1. The molecule has 0 aliphatic carbocycles. The van der Waals surface area contributed by atoms with E-state index in [1.807, 2.05) is 26.0 Å². The number of nitrogens with zero attached hydrogens (tertiary/aromatic N) is 5. The van der Waals surface area contributed by atoms with E-state index in [0.29, 0.717) is 5.13 Å². The van der Waals surface area contributed by atoms with Crippen LogP contribution in [0.5, 0.6) is 0 Å². The second-order valence-electron chi connectivity index (χ2n) is 6.76. The van der Waals surface area contributed by atoms with Gasteiger partial charge in [-0.3, -0.25) is 14.2 Å². The molecule has 4 rings (SSSR count). The Morgan fingerprint density at radius 2 is 1.96 bits per heavy atom. The van der Waals surface area contributed by atoms with E-state index in [9.17, 15) is 14.4 Å². The maximum atomic E-state index is 12.7. The Bertz CT molecular complexity index is 1370. The zero-order chi connectivity index (χ0) is 20.2. The van der Waals surface area contributed by atoms with Crippen LogP contribution >= 0.6 is 11.3 Å². The molecule has 0 aliphatic heterocycles. The van der Waals surface area contributed by atoms with Crippen LogP contribution in [0.25, 0.3) is 21.4 Å². The van der Waals surface area contributed by atoms with Crippen LogP contribution in [0, 0.1) is 13.8 Å². The zero-order valence-electron chi connectivity index (χ0n) is 15.8. The lowest BCUT2D eigenvalue weighted by Crippen LogP contribution is -2.42. The predicted molar refractivity (Wildman–Crippen MR) is 108 cm³/mol. The molecule has 0 saturated heterocycles. The normalized spacial score (nSPS) is 11.4. The maximum absolute atomic E-state index is 12.7. The molecule has 0 radical (unpaired) electrons. The number of nitrogens with one attached hydrogen (secondary N) is 1. The number of aromatic nitrogens is 5. The minimum Gasteiger partial charge on any atom is -0.328 e. The molecule has 28 heavy (non-hydrogen) atoms. The Morgan fingerprint density at radius 1 is 1.21 bits per heavy atom. The van der Waals surface area contributed by atoms with Crippen LogP contribution in [-0.2, 0) is 25.4 Å². The molecule has 4 aromatic rings. The van der Waals surface area contributed by atoms with Gasteiger partial charge < -0.3 is 9.88 Å². The largest absolute Gasteiger partial charge is 0.332 e. The van der Waals surface area contributed by atoms with Crippen molar-refractivity contribution in [2.75, 3.05) is 5.32 Å². The van der Waals surface area contributed by atoms with Crippen molar-refractivity contribution in [1.82, 2.24) is 23.7 Å². The molecule has 144 valence electrons. The van der Waals surface area contributed by atoms with E-state index in [4.69, 9.17) is 0 Å². The third kappa shape index (κ3) is 2.82. The van der Waals surface area contributed by atoms with Gasteiger partial charge in [-0.2, -0.15) is 0 Å². The van der Waals surface area contributed by atoms with E-state index in [1.54, 1.807) is 7.05 Å². The fraction of sp³-hybridized carbons (Fsp3) is 0.278. The first-order chi connectivity index (χ1) is 13.3. The first-order valence-electron chi connectivity index (χ1n) is 8.54. The third-order valence-electron chi connectivity index (χ3n) is 4.58. The van der Waals surface area contributed by atoms with Crippen molar-refractivity contribution >= 4 is 43.8 Å². The summed E-state index contributed by atoms with van der Waals surface area (Å²) in [6.07, 6.45) is 1.46. The molecule has 1 N–H and O–H groups in total. The highest BCUT2D eigenvalue weighted by Crippen LogP contribution is 2.29. The lowest BCUT2D eigenvalue weighted by molar-refractivity contribution is -0.116. The lowest BCUT2D eigenvalue weighted by Gasteiger charge is -2.08. The first-order valence-corrected chi connectivity index (χ1v) is 9.36. The van der Waals surface area contributed by atoms with Crippen LogP contribution in [0.15, 0.2) is 28.0 Å². The summed E-state index contributed by atoms with van der Waals surface area (Å²) in [7, 11) is 3.18. The molecule has 0 spiro atoms. The van der Waals surface area contributed by atoms with Gasteiger partial charge in [0.25, 0.3) is 5.56 Å². The monoisotopic (exact) mass is 398 g/mol. The summed E-state index contributed by atoms with van der Waals surface area (Å²) in [4.78, 5) is 46.2. The van der Waals surface area contributed by atoms with Crippen LogP contribution in [0.4, 0.5) is 5.13 Å². The molecule has 0 saturated carbocycles. The zero-order valence-corrected chi connectivity index (χ0v) is 16.6. The Kier molecular flexibility index (Phi) is 4.15. The molecule has 1 aromatic carbocycles. The van der Waals surface area contributed by atoms with Crippen LogP contribution in [-0.4, -0.2) is 29.6 Å². The van der Waals surface area contributed by atoms with Crippen molar-refractivity contribution in [3.05, 3.63) is 50.4 Å². The smallest absolute Gasteiger partial charge is 0.328 e. The van der Waals surface area contributed by atoms with Crippen molar-refractivity contribution in [3.63, 3.8) is 0 Å². The second kappa shape index (κ2) is 6.41. The molecule has 0 aliphatic rings. The van der Waals surface area contributed by atoms with Crippen molar-refractivity contribution in [3.8, 4) is 0 Å². The average Bonchev–Trinajstić information content (AvgIpc) is 3.20. The summed E-state index contributed by atoms with van der Waals surface area (Å²) in [6.45, 7) is 3.56. The number of carbonyl (C=O) groups is 1. The number of aryl methyl sites for hydroxylation is 4. The average molecular weight is 398 g/mol. The highest BCUT2D eigenvalue weighted by atomic mass is 32.1. The fourth-order valence-corrected chi connectivity index (χ4v) is 4.32. The Balaban J connectivity index is 1.68. The van der Waals surface area contributed by atoms with E-state index in [0.717, 1.165) is 25.9 Å². The van der Waals surface area contributed by atoms with Crippen molar-refractivity contribution < 1.29 is 4.79 Å². The van der Waals surface area contributed by atoms with Gasteiger partial charge in [0, 0.05) is 14.1 Å². The van der Waals surface area contributed by atoms with Crippen LogP contribution in [0.2, 0.25) is 0 Å². The molecule has 0 unspecified atom stereocenters. The SMILES string of the molecule is Cc1cc(C)c2nc(NC(=O)Cn3c(=O)c4c(ncn4C)n(C)c3=O)sc2c1. The molecule has 3 heterocycles. The number of carbonyl (C=O) groups excluding carboxylic acids is 1. The number of rotatable bonds is 3. The van der Waals surface area contributed by atoms with Gasteiger partial charge >= 0.3 is 5.69 Å². The lowest BCUT2D eigenvalue weighted by atomic mass is 10.1. The van der Waals surface area contributed by atoms with E-state index < -0.39 is 23.7 Å². The fourth-order valence-electron chi connectivity index (χ4n) is 3.26. The summed E-state index contributed by atoms with van der Waals surface area (Å²) in [5.74, 6) is -0.492. The van der Waals surface area contributed by atoms with Gasteiger partial charge in [-0.15, -0.1) is 0 Å². The van der Waals surface area contributed by atoms with Gasteiger partial charge in [0.1, 0.15) is 6.54 Å². The Hall–Kier alpha value is -3.27. The Labute approximate surface area is 162 Å². The molecule has 10 heteroatoms. The standard InChI is InChI=1S/C18H18N6O3S/c1-9-5-10(2)13-11(6-9)28-17(21-13)20-12(25)7-24-16(26)14-15(19-8-22(14)3)23(4)18(24)27/h5-6,8H,7H2,1-4H3,(H,20,21,25). The van der Waals surface area contributed by atoms with Crippen molar-refractivity contribution in [2.45, 2.75) is 20.4 Å². The topological polar surface area (TPSA) is 104 Å². The number of benzene rings is 1. The molecule has 0 atom stereocenters. The number of hydrogen-bond donors (Lipinski definition) is 1. The second-order valence-corrected chi connectivity index (χ2v) is 7.79. The number of amides is 1. The molecular weight excluding hydrogens is 380 g/mol. The van der Waals surface area contributed by atoms with Gasteiger partial charge in [-0.25, -0.2) is 19.3 Å². The first kappa shape index (κ1) is 18.1. The molecule has 1 amide bonds. The van der Waals surface area contributed by atoms with E-state index in [-0.39, 0.29) is 11.2 Å². The number of hydrogen-bond acceptors (Lipinski definition) is 6. The summed E-state index contributed by atoms with van der Waals surface area (Å²) < 4.78 is 4.66. The predicted octanol–water partition coefficient (Wildman–Crippen LogP) is 1.30. The van der Waals surface area contributed by atoms with Gasteiger partial charge in [0.15, 0.2) is 16.3 Å². The summed E-state index contributed by atoms with van der Waals surface area (Å²) in [6, 6.07) is 4.03. The number of thiazole rings is 1. The van der Waals surface area contributed by atoms with Gasteiger partial charge in [0.05, 0.1) is 16.5 Å². The van der Waals surface area contributed by atoms with E-state index >= 15 is 0 Å². The molecule has 0 bridgehead atoms. The van der Waals surface area contributed by atoms with Crippen LogP contribution in [0.3, 0.4) is 0 Å². The molecule has 3 aromatic heterocycles. The minimum absolute atomic E-state index is 0.265. The highest BCUT2D eigenvalue weighted by Gasteiger charge is 2.18. The quantitative estimate of drug-likeness (QED) is 0.560. The van der Waals surface area contributed by atoms with E-state index in [1.165, 1.54) is 33.8 Å².